The van der Waals surface area contributed by atoms with E-state index in [1.54, 1.807) is 36.4 Å². The number of amides is 1. The predicted octanol–water partition coefficient (Wildman–Crippen LogP) is 4.25. The summed E-state index contributed by atoms with van der Waals surface area (Å²) in [6.07, 6.45) is 0. The molecule has 0 fully saturated rings. The lowest BCUT2D eigenvalue weighted by atomic mass is 10.2. The van der Waals surface area contributed by atoms with Crippen LogP contribution in [0, 0.1) is 0 Å². The second-order valence-corrected chi connectivity index (χ2v) is 6.49. The molecule has 24 heavy (non-hydrogen) atoms. The predicted molar refractivity (Wildman–Crippen MR) is 97.9 cm³/mol. The molecule has 2 aromatic carbocycles. The molecule has 0 aliphatic carbocycles. The molecular formula is C16H13Cl3N4O. The van der Waals surface area contributed by atoms with Crippen LogP contribution in [0.1, 0.15) is 5.56 Å². The highest BCUT2D eigenvalue weighted by Gasteiger charge is 2.07. The number of aromatic amines is 1. The molecule has 0 saturated carbocycles. The highest BCUT2D eigenvalue weighted by atomic mass is 35.5. The lowest BCUT2D eigenvalue weighted by Crippen LogP contribution is -2.28. The normalized spacial score (nSPS) is 11.0. The van der Waals surface area contributed by atoms with Gasteiger partial charge in [0.2, 0.25) is 11.9 Å². The van der Waals surface area contributed by atoms with Crippen LogP contribution < -0.4 is 10.6 Å². The van der Waals surface area contributed by atoms with Crippen molar-refractivity contribution >= 4 is 57.7 Å². The van der Waals surface area contributed by atoms with Gasteiger partial charge in [0.05, 0.1) is 17.6 Å². The molecule has 0 aliphatic heterocycles. The molecule has 8 heteroatoms. The van der Waals surface area contributed by atoms with Gasteiger partial charge in [0.1, 0.15) is 0 Å². The second kappa shape index (κ2) is 7.40. The van der Waals surface area contributed by atoms with E-state index in [-0.39, 0.29) is 12.5 Å². The Labute approximate surface area is 153 Å². The number of carbonyl (C=O) groups is 1. The van der Waals surface area contributed by atoms with Crippen molar-refractivity contribution in [3.63, 3.8) is 0 Å². The first-order chi connectivity index (χ1) is 11.5. The average molecular weight is 384 g/mol. The third-order valence-electron chi connectivity index (χ3n) is 3.24. The minimum absolute atomic E-state index is 0.127. The van der Waals surface area contributed by atoms with Crippen molar-refractivity contribution < 1.29 is 4.79 Å². The van der Waals surface area contributed by atoms with Crippen LogP contribution >= 0.6 is 34.8 Å². The maximum Gasteiger partial charge on any atom is 0.240 e. The first kappa shape index (κ1) is 17.0. The summed E-state index contributed by atoms with van der Waals surface area (Å²) in [4.78, 5) is 19.2. The van der Waals surface area contributed by atoms with Crippen molar-refractivity contribution in [1.82, 2.24) is 15.3 Å². The van der Waals surface area contributed by atoms with Gasteiger partial charge in [-0.3, -0.25) is 10.1 Å². The zero-order chi connectivity index (χ0) is 17.1. The zero-order valence-electron chi connectivity index (χ0n) is 12.4. The summed E-state index contributed by atoms with van der Waals surface area (Å²) in [5, 5.41) is 7.45. The maximum atomic E-state index is 12.0. The molecule has 0 bridgehead atoms. The first-order valence-corrected chi connectivity index (χ1v) is 8.24. The van der Waals surface area contributed by atoms with Gasteiger partial charge in [-0.05, 0) is 42.0 Å². The number of rotatable bonds is 5. The van der Waals surface area contributed by atoms with Crippen molar-refractivity contribution in [3.8, 4) is 0 Å². The van der Waals surface area contributed by atoms with E-state index in [2.05, 4.69) is 20.6 Å². The molecule has 0 aliphatic rings. The Morgan fingerprint density at radius 3 is 2.54 bits per heavy atom. The molecule has 0 saturated heterocycles. The number of fused-ring (bicyclic) bond motifs is 1. The van der Waals surface area contributed by atoms with Crippen LogP contribution in [0.5, 0.6) is 0 Å². The van der Waals surface area contributed by atoms with Gasteiger partial charge >= 0.3 is 0 Å². The summed E-state index contributed by atoms with van der Waals surface area (Å²) < 4.78 is 0. The van der Waals surface area contributed by atoms with Crippen molar-refractivity contribution in [2.45, 2.75) is 6.54 Å². The number of anilines is 1. The number of halogens is 3. The molecule has 1 amide bonds. The van der Waals surface area contributed by atoms with Crippen molar-refractivity contribution in [1.29, 1.82) is 0 Å². The molecule has 1 aromatic heterocycles. The Hall–Kier alpha value is -1.79. The van der Waals surface area contributed by atoms with Gasteiger partial charge in [-0.15, -0.1) is 0 Å². The molecule has 0 radical (unpaired) electrons. The number of H-pyrrole nitrogens is 1. The van der Waals surface area contributed by atoms with Crippen LogP contribution in [0.4, 0.5) is 5.95 Å². The number of benzene rings is 2. The topological polar surface area (TPSA) is 69.8 Å². The van der Waals surface area contributed by atoms with Crippen molar-refractivity contribution in [3.05, 3.63) is 57.0 Å². The fraction of sp³-hybridized carbons (Fsp3) is 0.125. The van der Waals surface area contributed by atoms with Gasteiger partial charge in [-0.1, -0.05) is 34.8 Å². The van der Waals surface area contributed by atoms with E-state index in [1.165, 1.54) is 0 Å². The molecule has 3 aromatic rings. The highest BCUT2D eigenvalue weighted by molar-refractivity contribution is 6.34. The van der Waals surface area contributed by atoms with Crippen LogP contribution in [-0.4, -0.2) is 22.4 Å². The van der Waals surface area contributed by atoms with E-state index in [0.29, 0.717) is 27.6 Å². The van der Waals surface area contributed by atoms with E-state index in [9.17, 15) is 4.79 Å². The van der Waals surface area contributed by atoms with E-state index < -0.39 is 0 Å². The van der Waals surface area contributed by atoms with Crippen molar-refractivity contribution in [2.75, 3.05) is 11.9 Å². The monoisotopic (exact) mass is 382 g/mol. The van der Waals surface area contributed by atoms with Crippen LogP contribution in [-0.2, 0) is 11.3 Å². The SMILES string of the molecule is O=C(CNCc1cc(Cl)cc(Cl)c1)Nc1nc2ccc(Cl)cc2[nH]1. The highest BCUT2D eigenvalue weighted by Crippen LogP contribution is 2.19. The Bertz CT molecular complexity index is 874. The molecule has 0 atom stereocenters. The van der Waals surface area contributed by atoms with Crippen LogP contribution in [0.2, 0.25) is 15.1 Å². The summed E-state index contributed by atoms with van der Waals surface area (Å²) >= 11 is 17.8. The Balaban J connectivity index is 1.55. The molecule has 0 unspecified atom stereocenters. The van der Waals surface area contributed by atoms with E-state index in [4.69, 9.17) is 34.8 Å². The minimum atomic E-state index is -0.215. The van der Waals surface area contributed by atoms with Gasteiger partial charge in [0.25, 0.3) is 0 Å². The summed E-state index contributed by atoms with van der Waals surface area (Å²) in [5.41, 5.74) is 2.40. The summed E-state index contributed by atoms with van der Waals surface area (Å²) in [7, 11) is 0. The number of aromatic nitrogens is 2. The summed E-state index contributed by atoms with van der Waals surface area (Å²) in [6.45, 7) is 0.603. The fourth-order valence-electron chi connectivity index (χ4n) is 2.25. The molecular weight excluding hydrogens is 371 g/mol. The third kappa shape index (κ3) is 4.39. The fourth-order valence-corrected chi connectivity index (χ4v) is 2.99. The van der Waals surface area contributed by atoms with Crippen LogP contribution in [0.3, 0.4) is 0 Å². The van der Waals surface area contributed by atoms with Crippen LogP contribution in [0.15, 0.2) is 36.4 Å². The van der Waals surface area contributed by atoms with Crippen molar-refractivity contribution in [2.24, 2.45) is 0 Å². The molecule has 1 heterocycles. The minimum Gasteiger partial charge on any atom is -0.324 e. The summed E-state index contributed by atoms with van der Waals surface area (Å²) in [5.74, 6) is 0.165. The number of nitrogens with one attached hydrogen (secondary N) is 3. The third-order valence-corrected chi connectivity index (χ3v) is 3.91. The molecule has 124 valence electrons. The maximum absolute atomic E-state index is 12.0. The van der Waals surface area contributed by atoms with Crippen LogP contribution in [0.25, 0.3) is 11.0 Å². The molecule has 3 N–H and O–H groups in total. The number of hydrogen-bond donors (Lipinski definition) is 3. The van der Waals surface area contributed by atoms with E-state index >= 15 is 0 Å². The molecule has 0 spiro atoms. The summed E-state index contributed by atoms with van der Waals surface area (Å²) in [6, 6.07) is 10.5. The standard InChI is InChI=1S/C16H13Cl3N4O/c17-10-1-2-13-14(6-10)22-16(21-13)23-15(24)8-20-7-9-3-11(18)5-12(19)4-9/h1-6,20H,7-8H2,(H2,21,22,23,24). The van der Waals surface area contributed by atoms with E-state index in [0.717, 1.165) is 16.6 Å². The first-order valence-electron chi connectivity index (χ1n) is 7.10. The second-order valence-electron chi connectivity index (χ2n) is 5.18. The number of carbonyl (C=O) groups excluding carboxylic acids is 1. The van der Waals surface area contributed by atoms with Gasteiger partial charge in [-0.25, -0.2) is 4.98 Å². The molecule has 5 nitrogen and oxygen atoms in total. The number of hydrogen-bond acceptors (Lipinski definition) is 3. The Kier molecular flexibility index (Phi) is 5.26. The van der Waals surface area contributed by atoms with E-state index in [1.807, 2.05) is 0 Å². The smallest absolute Gasteiger partial charge is 0.240 e. The average Bonchev–Trinajstić information content (AvgIpc) is 2.87. The lowest BCUT2D eigenvalue weighted by Gasteiger charge is -2.06. The number of imidazole rings is 1. The quantitative estimate of drug-likeness (QED) is 0.617. The van der Waals surface area contributed by atoms with Gasteiger partial charge in [0, 0.05) is 21.6 Å². The van der Waals surface area contributed by atoms with Gasteiger partial charge in [-0.2, -0.15) is 0 Å². The largest absolute Gasteiger partial charge is 0.324 e. The Morgan fingerprint density at radius 2 is 1.79 bits per heavy atom. The number of nitrogens with zero attached hydrogens (tertiary/aromatic N) is 1. The zero-order valence-corrected chi connectivity index (χ0v) is 14.6. The van der Waals surface area contributed by atoms with Gasteiger partial charge < -0.3 is 10.3 Å². The Morgan fingerprint density at radius 1 is 1.04 bits per heavy atom. The molecule has 3 rings (SSSR count). The van der Waals surface area contributed by atoms with Gasteiger partial charge in [0.15, 0.2) is 0 Å². The lowest BCUT2D eigenvalue weighted by molar-refractivity contribution is -0.115.